The summed E-state index contributed by atoms with van der Waals surface area (Å²) in [4.78, 5) is 39.5. The molecule has 0 aromatic carbocycles. The number of amides is 2. The van der Waals surface area contributed by atoms with Gasteiger partial charge in [0.05, 0.1) is 32.3 Å². The molecule has 0 unspecified atom stereocenters. The molecule has 0 bridgehead atoms. The third-order valence-electron chi connectivity index (χ3n) is 17.0. The normalized spacial score (nSPS) is 14.0. The third-order valence-corrected chi connectivity index (χ3v) is 21.3. The zero-order chi connectivity index (χ0) is 53.4. The second-order valence-electron chi connectivity index (χ2n) is 23.3. The molecule has 8 heteroatoms. The van der Waals surface area contributed by atoms with Gasteiger partial charge in [-0.05, 0) is 78.6 Å². The summed E-state index contributed by atoms with van der Waals surface area (Å²) in [6.45, 7) is 10.6. The zero-order valence-electron chi connectivity index (χ0n) is 48.8. The standard InChI is InChI=1S/C68H106N2O2S4/c1-5-9-13-17-21-25-29-33-40-55(41-34-30-26-22-18-14-10-6-2)44-37-50-69-65(59-46-39-52-73-59)63-64(68(69)72)66(60-48-47-57(75-60)62-54-61-58(76-62)49-53-74-61)70(67(63)71)51-38-45-56(42-35-31-27-23-19-15-11-7-3)43-36-32-28-24-20-16-12-8-4/h39,46-49,52-56H,5-38,40-45,50-51H2,1-4H3. The lowest BCUT2D eigenvalue weighted by Crippen LogP contribution is -2.31. The van der Waals surface area contributed by atoms with Gasteiger partial charge in [0.25, 0.3) is 11.8 Å². The van der Waals surface area contributed by atoms with Gasteiger partial charge in [0.15, 0.2) is 0 Å². The van der Waals surface area contributed by atoms with Gasteiger partial charge in [-0.3, -0.25) is 9.59 Å². The van der Waals surface area contributed by atoms with Crippen molar-refractivity contribution in [3.05, 3.63) is 68.1 Å². The van der Waals surface area contributed by atoms with Gasteiger partial charge in [0.2, 0.25) is 0 Å². The lowest BCUT2D eigenvalue weighted by molar-refractivity contribution is -0.124. The van der Waals surface area contributed by atoms with E-state index in [9.17, 15) is 0 Å². The number of hydrogen-bond donors (Lipinski definition) is 0. The number of unbranched alkanes of at least 4 members (excludes halogenated alkanes) is 28. The summed E-state index contributed by atoms with van der Waals surface area (Å²) in [6.07, 6.45) is 53.0. The molecule has 4 aromatic heterocycles. The molecular formula is C68H106N2O2S4. The van der Waals surface area contributed by atoms with Crippen molar-refractivity contribution in [2.45, 2.75) is 285 Å². The van der Waals surface area contributed by atoms with Gasteiger partial charge in [-0.25, -0.2) is 0 Å². The number of nitrogens with zero attached hydrogens (tertiary/aromatic N) is 2. The van der Waals surface area contributed by atoms with Crippen LogP contribution in [0.3, 0.4) is 0 Å². The predicted molar refractivity (Wildman–Crippen MR) is 339 cm³/mol. The van der Waals surface area contributed by atoms with Crippen LogP contribution in [-0.2, 0) is 9.59 Å². The van der Waals surface area contributed by atoms with Crippen LogP contribution in [0.5, 0.6) is 0 Å². The average molecular weight is 1110 g/mol. The Balaban J connectivity index is 1.18. The first-order valence-electron chi connectivity index (χ1n) is 32.2. The number of carbonyl (C=O) groups excluding carboxylic acids is 2. The van der Waals surface area contributed by atoms with Gasteiger partial charge in [0, 0.05) is 32.2 Å². The first-order valence-corrected chi connectivity index (χ1v) is 35.6. The quantitative estimate of drug-likeness (QED) is 0.0414. The van der Waals surface area contributed by atoms with Crippen molar-refractivity contribution in [3.8, 4) is 9.75 Å². The lowest BCUT2D eigenvalue weighted by atomic mass is 9.90. The van der Waals surface area contributed by atoms with Crippen molar-refractivity contribution in [1.29, 1.82) is 0 Å². The Morgan fingerprint density at radius 3 is 1.13 bits per heavy atom. The number of fused-ring (bicyclic) bond motifs is 2. The molecule has 0 radical (unpaired) electrons. The van der Waals surface area contributed by atoms with Crippen LogP contribution in [0.15, 0.2) is 58.3 Å². The monoisotopic (exact) mass is 1110 g/mol. The predicted octanol–water partition coefficient (Wildman–Crippen LogP) is 23.5. The fourth-order valence-electron chi connectivity index (χ4n) is 12.4. The number of thiophene rings is 4. The maximum Gasteiger partial charge on any atom is 0.261 e. The molecule has 0 aliphatic carbocycles. The Morgan fingerprint density at radius 1 is 0.355 bits per heavy atom. The van der Waals surface area contributed by atoms with Crippen LogP contribution in [0.1, 0.15) is 294 Å². The second-order valence-corrected chi connectivity index (χ2v) is 27.4. The molecular weight excluding hydrogens is 1010 g/mol. The molecule has 0 saturated heterocycles. The summed E-state index contributed by atoms with van der Waals surface area (Å²) in [5, 5.41) is 4.30. The number of rotatable bonds is 47. The van der Waals surface area contributed by atoms with E-state index < -0.39 is 0 Å². The molecule has 0 atom stereocenters. The van der Waals surface area contributed by atoms with E-state index in [0.29, 0.717) is 36.1 Å². The van der Waals surface area contributed by atoms with Crippen LogP contribution >= 0.6 is 45.3 Å². The topological polar surface area (TPSA) is 40.6 Å². The molecule has 0 N–H and O–H groups in total. The third kappa shape index (κ3) is 20.5. The van der Waals surface area contributed by atoms with Crippen molar-refractivity contribution < 1.29 is 9.59 Å². The van der Waals surface area contributed by atoms with Crippen LogP contribution in [0, 0.1) is 11.8 Å². The maximum absolute atomic E-state index is 15.4. The Labute approximate surface area is 481 Å². The molecule has 2 aliphatic rings. The highest BCUT2D eigenvalue weighted by Crippen LogP contribution is 2.50. The van der Waals surface area contributed by atoms with Gasteiger partial charge in [-0.2, -0.15) is 0 Å². The summed E-state index contributed by atoms with van der Waals surface area (Å²) in [7, 11) is 0. The van der Waals surface area contributed by atoms with Crippen LogP contribution in [-0.4, -0.2) is 34.7 Å². The van der Waals surface area contributed by atoms with Crippen LogP contribution in [0.2, 0.25) is 0 Å². The highest BCUT2D eigenvalue weighted by atomic mass is 32.1. The smallest absolute Gasteiger partial charge is 0.261 e. The van der Waals surface area contributed by atoms with E-state index >= 15 is 9.59 Å². The second kappa shape index (κ2) is 37.4. The van der Waals surface area contributed by atoms with Crippen LogP contribution in [0.4, 0.5) is 0 Å². The van der Waals surface area contributed by atoms with E-state index in [2.05, 4.69) is 84.7 Å². The van der Waals surface area contributed by atoms with Gasteiger partial charge < -0.3 is 9.80 Å². The Morgan fingerprint density at radius 2 is 0.737 bits per heavy atom. The molecule has 0 spiro atoms. The van der Waals surface area contributed by atoms with Crippen LogP contribution in [0.25, 0.3) is 30.5 Å². The summed E-state index contributed by atoms with van der Waals surface area (Å²) >= 11 is 7.09. The van der Waals surface area contributed by atoms with E-state index in [4.69, 9.17) is 0 Å². The summed E-state index contributed by atoms with van der Waals surface area (Å²) in [6, 6.07) is 13.3. The number of carbonyl (C=O) groups is 2. The number of hydrogen-bond acceptors (Lipinski definition) is 6. The molecule has 4 aromatic rings. The fraction of sp³-hybridized carbons (Fsp3) is 0.706. The van der Waals surface area contributed by atoms with E-state index in [-0.39, 0.29) is 11.8 Å². The SMILES string of the molecule is CCCCCCCCCCC(CCCCCCCCCC)CCCN1C(=O)C2=C(c3ccc(-c4cc5sccc5s4)s3)N(CCCC(CCCCCCCCCC)CCCCCCCCCC)C(=O)C2=C1c1cccs1. The Kier molecular flexibility index (Phi) is 30.9. The zero-order valence-corrected chi connectivity index (χ0v) is 52.1. The van der Waals surface area contributed by atoms with Crippen molar-refractivity contribution in [3.63, 3.8) is 0 Å². The lowest BCUT2D eigenvalue weighted by Gasteiger charge is -2.26. The molecule has 0 fully saturated rings. The highest BCUT2D eigenvalue weighted by Gasteiger charge is 2.49. The van der Waals surface area contributed by atoms with Crippen LogP contribution < -0.4 is 0 Å². The minimum Gasteiger partial charge on any atom is -0.306 e. The molecule has 424 valence electrons. The summed E-state index contributed by atoms with van der Waals surface area (Å²) < 4.78 is 2.65. The molecule has 2 aliphatic heterocycles. The van der Waals surface area contributed by atoms with Crippen molar-refractivity contribution in [2.24, 2.45) is 11.8 Å². The Hall–Kier alpha value is -2.52. The largest absolute Gasteiger partial charge is 0.306 e. The van der Waals surface area contributed by atoms with E-state index in [1.807, 2.05) is 11.3 Å². The van der Waals surface area contributed by atoms with E-state index in [0.717, 1.165) is 46.8 Å². The molecule has 0 saturated carbocycles. The van der Waals surface area contributed by atoms with E-state index in [1.165, 1.54) is 250 Å². The van der Waals surface area contributed by atoms with Gasteiger partial charge in [0.1, 0.15) is 0 Å². The summed E-state index contributed by atoms with van der Waals surface area (Å²) in [5.74, 6) is 1.48. The maximum atomic E-state index is 15.4. The molecule has 6 rings (SSSR count). The Bertz CT molecular complexity index is 2170. The minimum atomic E-state index is 0.0424. The first-order chi connectivity index (χ1) is 37.5. The van der Waals surface area contributed by atoms with E-state index in [1.54, 1.807) is 34.0 Å². The van der Waals surface area contributed by atoms with Crippen molar-refractivity contribution in [2.75, 3.05) is 13.1 Å². The minimum absolute atomic E-state index is 0.0424. The molecule has 6 heterocycles. The molecule has 76 heavy (non-hydrogen) atoms. The van der Waals surface area contributed by atoms with Crippen molar-refractivity contribution >= 4 is 78.0 Å². The average Bonchev–Trinajstić information content (AvgIpc) is 4.49. The molecule has 2 amide bonds. The van der Waals surface area contributed by atoms with Gasteiger partial charge in [-0.15, -0.1) is 45.3 Å². The molecule has 4 nitrogen and oxygen atoms in total. The van der Waals surface area contributed by atoms with Crippen molar-refractivity contribution in [1.82, 2.24) is 9.80 Å². The fourth-order valence-corrected chi connectivity index (χ4v) is 16.5. The highest BCUT2D eigenvalue weighted by molar-refractivity contribution is 7.30. The van der Waals surface area contributed by atoms with Gasteiger partial charge >= 0.3 is 0 Å². The van der Waals surface area contributed by atoms with Gasteiger partial charge in [-0.1, -0.05) is 265 Å². The summed E-state index contributed by atoms with van der Waals surface area (Å²) in [5.41, 5.74) is 3.08. The first kappa shape index (κ1) is 62.7.